The Morgan fingerprint density at radius 3 is 2.93 bits per heavy atom. The van der Waals surface area contributed by atoms with Crippen molar-refractivity contribution in [3.05, 3.63) is 29.8 Å². The molecular weight excluding hydrogens is 176 g/mol. The van der Waals surface area contributed by atoms with Crippen LogP contribution >= 0.6 is 0 Å². The van der Waals surface area contributed by atoms with Crippen LogP contribution in [-0.4, -0.2) is 24.8 Å². The molecule has 0 atom stereocenters. The summed E-state index contributed by atoms with van der Waals surface area (Å²) in [6.45, 7) is 2.85. The van der Waals surface area contributed by atoms with Crippen molar-refractivity contribution >= 4 is 5.69 Å². The normalized spacial score (nSPS) is 17.4. The van der Waals surface area contributed by atoms with Crippen LogP contribution in [0.3, 0.4) is 0 Å². The van der Waals surface area contributed by atoms with E-state index in [-0.39, 0.29) is 0 Å². The zero-order valence-electron chi connectivity index (χ0n) is 8.28. The summed E-state index contributed by atoms with van der Waals surface area (Å²) in [5.41, 5.74) is 7.94. The van der Waals surface area contributed by atoms with Gasteiger partial charge in [-0.15, -0.1) is 0 Å². The molecule has 1 aromatic rings. The van der Waals surface area contributed by atoms with Crippen molar-refractivity contribution in [2.45, 2.75) is 12.8 Å². The lowest BCUT2D eigenvalue weighted by molar-refractivity contribution is -0.108. The lowest BCUT2D eigenvalue weighted by atomic mass is 10.1. The van der Waals surface area contributed by atoms with E-state index >= 15 is 0 Å². The Balaban J connectivity index is 1.88. The third-order valence-electron chi connectivity index (χ3n) is 2.51. The standard InChI is InChI=1S/C11H16N2O/c12-11-5-2-1-4-10(11)6-8-13-7-3-9-14-13/h1-2,4-5H,3,6-9,12H2. The summed E-state index contributed by atoms with van der Waals surface area (Å²) in [6, 6.07) is 8.01. The van der Waals surface area contributed by atoms with Crippen molar-refractivity contribution in [1.82, 2.24) is 5.06 Å². The average molecular weight is 192 g/mol. The molecule has 2 N–H and O–H groups in total. The number of anilines is 1. The summed E-state index contributed by atoms with van der Waals surface area (Å²) in [5.74, 6) is 0. The van der Waals surface area contributed by atoms with E-state index < -0.39 is 0 Å². The second kappa shape index (κ2) is 4.44. The van der Waals surface area contributed by atoms with Gasteiger partial charge in [0, 0.05) is 18.8 Å². The second-order valence-corrected chi connectivity index (χ2v) is 3.56. The zero-order valence-corrected chi connectivity index (χ0v) is 8.28. The number of hydrogen-bond acceptors (Lipinski definition) is 3. The van der Waals surface area contributed by atoms with E-state index in [4.69, 9.17) is 10.6 Å². The van der Waals surface area contributed by atoms with E-state index in [0.29, 0.717) is 0 Å². The summed E-state index contributed by atoms with van der Waals surface area (Å²) in [6.07, 6.45) is 2.11. The fourth-order valence-corrected chi connectivity index (χ4v) is 1.68. The second-order valence-electron chi connectivity index (χ2n) is 3.56. The molecule has 76 valence electrons. The quantitative estimate of drug-likeness (QED) is 0.737. The van der Waals surface area contributed by atoms with Crippen molar-refractivity contribution in [1.29, 1.82) is 0 Å². The fraction of sp³-hybridized carbons (Fsp3) is 0.455. The van der Waals surface area contributed by atoms with Gasteiger partial charge in [-0.2, -0.15) is 5.06 Å². The van der Waals surface area contributed by atoms with E-state index in [9.17, 15) is 0 Å². The van der Waals surface area contributed by atoms with Gasteiger partial charge in [-0.3, -0.25) is 4.84 Å². The number of nitrogens with two attached hydrogens (primary N) is 1. The maximum absolute atomic E-state index is 5.85. The Labute approximate surface area is 84.4 Å². The third kappa shape index (κ3) is 2.25. The van der Waals surface area contributed by atoms with E-state index in [2.05, 4.69) is 6.07 Å². The Kier molecular flexibility index (Phi) is 3.01. The van der Waals surface area contributed by atoms with Crippen LogP contribution in [0.2, 0.25) is 0 Å². The molecule has 1 aromatic carbocycles. The van der Waals surface area contributed by atoms with Crippen LogP contribution < -0.4 is 5.73 Å². The number of hydroxylamine groups is 2. The third-order valence-corrected chi connectivity index (χ3v) is 2.51. The van der Waals surface area contributed by atoms with Gasteiger partial charge in [-0.1, -0.05) is 18.2 Å². The van der Waals surface area contributed by atoms with Crippen molar-refractivity contribution in [2.75, 3.05) is 25.4 Å². The minimum absolute atomic E-state index is 0.865. The Morgan fingerprint density at radius 1 is 1.36 bits per heavy atom. The SMILES string of the molecule is Nc1ccccc1CCN1CCCO1. The number of nitrogen functional groups attached to an aromatic ring is 1. The molecule has 1 aliphatic rings. The molecule has 0 unspecified atom stereocenters. The van der Waals surface area contributed by atoms with Gasteiger partial charge in [0.1, 0.15) is 0 Å². The van der Waals surface area contributed by atoms with Crippen LogP contribution in [0.15, 0.2) is 24.3 Å². The number of hydrogen-bond donors (Lipinski definition) is 1. The first-order valence-electron chi connectivity index (χ1n) is 5.07. The monoisotopic (exact) mass is 192 g/mol. The van der Waals surface area contributed by atoms with Gasteiger partial charge in [-0.25, -0.2) is 0 Å². The van der Waals surface area contributed by atoms with Crippen LogP contribution in [0.1, 0.15) is 12.0 Å². The lowest BCUT2D eigenvalue weighted by Crippen LogP contribution is -2.21. The highest BCUT2D eigenvalue weighted by Crippen LogP contribution is 2.13. The predicted molar refractivity (Wildman–Crippen MR) is 56.7 cm³/mol. The first-order valence-corrected chi connectivity index (χ1v) is 5.07. The number of rotatable bonds is 3. The molecule has 0 aliphatic carbocycles. The molecule has 3 heteroatoms. The Bertz CT molecular complexity index is 295. The molecule has 0 bridgehead atoms. The summed E-state index contributed by atoms with van der Waals surface area (Å²) in [4.78, 5) is 5.41. The minimum atomic E-state index is 0.865. The van der Waals surface area contributed by atoms with E-state index in [0.717, 1.165) is 38.2 Å². The summed E-state index contributed by atoms with van der Waals surface area (Å²) < 4.78 is 0. The summed E-state index contributed by atoms with van der Waals surface area (Å²) in [7, 11) is 0. The molecule has 2 rings (SSSR count). The maximum atomic E-state index is 5.85. The molecule has 0 saturated carbocycles. The highest BCUT2D eigenvalue weighted by Gasteiger charge is 2.12. The lowest BCUT2D eigenvalue weighted by Gasteiger charge is -2.13. The van der Waals surface area contributed by atoms with Crippen LogP contribution in [-0.2, 0) is 11.3 Å². The largest absolute Gasteiger partial charge is 0.399 e. The molecule has 1 saturated heterocycles. The first kappa shape index (κ1) is 9.49. The molecule has 1 fully saturated rings. The van der Waals surface area contributed by atoms with Gasteiger partial charge in [-0.05, 0) is 24.5 Å². The van der Waals surface area contributed by atoms with Gasteiger partial charge < -0.3 is 5.73 Å². The van der Waals surface area contributed by atoms with Gasteiger partial charge >= 0.3 is 0 Å². The fourth-order valence-electron chi connectivity index (χ4n) is 1.68. The number of benzene rings is 1. The number of para-hydroxylation sites is 1. The van der Waals surface area contributed by atoms with Gasteiger partial charge in [0.15, 0.2) is 0 Å². The first-order chi connectivity index (χ1) is 6.86. The minimum Gasteiger partial charge on any atom is -0.399 e. The van der Waals surface area contributed by atoms with Gasteiger partial charge in [0.25, 0.3) is 0 Å². The highest BCUT2D eigenvalue weighted by molar-refractivity contribution is 5.46. The van der Waals surface area contributed by atoms with Crippen LogP contribution in [0.25, 0.3) is 0 Å². The molecule has 1 heterocycles. The molecule has 3 nitrogen and oxygen atoms in total. The van der Waals surface area contributed by atoms with Crippen molar-refractivity contribution in [3.8, 4) is 0 Å². The van der Waals surface area contributed by atoms with Crippen LogP contribution in [0, 0.1) is 0 Å². The van der Waals surface area contributed by atoms with Crippen LogP contribution in [0.4, 0.5) is 5.69 Å². The molecule has 0 amide bonds. The molecule has 0 spiro atoms. The van der Waals surface area contributed by atoms with Gasteiger partial charge in [0.2, 0.25) is 0 Å². The van der Waals surface area contributed by atoms with Gasteiger partial charge in [0.05, 0.1) is 6.61 Å². The van der Waals surface area contributed by atoms with E-state index in [1.54, 1.807) is 0 Å². The molecule has 0 aromatic heterocycles. The summed E-state index contributed by atoms with van der Waals surface area (Å²) in [5, 5.41) is 2.02. The average Bonchev–Trinajstić information content (AvgIpc) is 2.69. The summed E-state index contributed by atoms with van der Waals surface area (Å²) >= 11 is 0. The smallest absolute Gasteiger partial charge is 0.0698 e. The van der Waals surface area contributed by atoms with Crippen molar-refractivity contribution in [2.24, 2.45) is 0 Å². The van der Waals surface area contributed by atoms with Crippen molar-refractivity contribution < 1.29 is 4.84 Å². The van der Waals surface area contributed by atoms with Crippen LogP contribution in [0.5, 0.6) is 0 Å². The number of nitrogens with zero attached hydrogens (tertiary/aromatic N) is 1. The molecule has 14 heavy (non-hydrogen) atoms. The molecule has 0 radical (unpaired) electrons. The molecule has 1 aliphatic heterocycles. The zero-order chi connectivity index (χ0) is 9.80. The maximum Gasteiger partial charge on any atom is 0.0698 e. The highest BCUT2D eigenvalue weighted by atomic mass is 16.7. The van der Waals surface area contributed by atoms with E-state index in [1.165, 1.54) is 5.56 Å². The Hall–Kier alpha value is -1.06. The Morgan fingerprint density at radius 2 is 2.21 bits per heavy atom. The van der Waals surface area contributed by atoms with E-state index in [1.807, 2.05) is 23.3 Å². The topological polar surface area (TPSA) is 38.5 Å². The molecular formula is C11H16N2O. The predicted octanol–water partition coefficient (Wildman–Crippen LogP) is 1.45. The van der Waals surface area contributed by atoms with Crippen molar-refractivity contribution in [3.63, 3.8) is 0 Å².